The summed E-state index contributed by atoms with van der Waals surface area (Å²) < 4.78 is 129. The van der Waals surface area contributed by atoms with Gasteiger partial charge in [0.05, 0.1) is 24.3 Å². The van der Waals surface area contributed by atoms with Gasteiger partial charge in [-0.2, -0.15) is 14.4 Å². The predicted molar refractivity (Wildman–Crippen MR) is 183 cm³/mol. The number of aromatic nitrogens is 2. The number of benzene rings is 3. The van der Waals surface area contributed by atoms with Crippen LogP contribution >= 0.6 is 15.6 Å². The molecule has 0 saturated carbocycles. The summed E-state index contributed by atoms with van der Waals surface area (Å²) in [6.07, 6.45) is 11.1. The Hall–Kier alpha value is -4.73. The van der Waals surface area contributed by atoms with Crippen molar-refractivity contribution in [3.8, 4) is 34.3 Å². The summed E-state index contributed by atoms with van der Waals surface area (Å²) in [7, 11) is -19.6. The van der Waals surface area contributed by atoms with E-state index in [0.717, 1.165) is 31.7 Å². The molecule has 0 aliphatic carbocycles. The van der Waals surface area contributed by atoms with Crippen LogP contribution in [0.25, 0.3) is 45.4 Å². The van der Waals surface area contributed by atoms with E-state index in [9.17, 15) is 50.4 Å². The quantitative estimate of drug-likeness (QED) is 0.104. The van der Waals surface area contributed by atoms with E-state index in [2.05, 4.69) is 106 Å². The number of hydrogen-bond acceptors (Lipinski definition) is 2. The Morgan fingerprint density at radius 1 is 0.604 bits per heavy atom. The van der Waals surface area contributed by atoms with E-state index in [4.69, 9.17) is 10.00 Å². The molecule has 2 aliphatic heterocycles. The van der Waals surface area contributed by atoms with Gasteiger partial charge >= 0.3 is 66.0 Å². The Balaban J connectivity index is 0.000000310. The van der Waals surface area contributed by atoms with Crippen LogP contribution in [0.2, 0.25) is 0 Å². The van der Waals surface area contributed by atoms with E-state index in [-0.39, 0.29) is 0 Å². The monoisotopic (exact) mass is 799 g/mol. The molecule has 2 aromatic heterocycles. The van der Waals surface area contributed by atoms with Crippen LogP contribution in [-0.2, 0) is 25.9 Å². The third kappa shape index (κ3) is 14.0. The summed E-state index contributed by atoms with van der Waals surface area (Å²) in [4.78, 5) is 0. The first kappa shape index (κ1) is 41.0. The molecule has 0 N–H and O–H groups in total. The van der Waals surface area contributed by atoms with E-state index >= 15 is 0 Å². The molecule has 286 valence electrons. The van der Waals surface area contributed by atoms with Crippen molar-refractivity contribution in [2.45, 2.75) is 32.9 Å². The SMILES string of the molecule is CC#N.COc1ccc2cc(/C=C/c3cc[n+]4c(c3)-c3c(ccc5c3-c3cccc[n+]3CC5)CC4)ccc2c1.F[P-](F)(F)(F)(F)F.F[P-](F)(F)(F)(F)F. The minimum atomic E-state index is -10.7. The van der Waals surface area contributed by atoms with Gasteiger partial charge in [0.1, 0.15) is 5.75 Å². The van der Waals surface area contributed by atoms with E-state index in [0.29, 0.717) is 0 Å². The van der Waals surface area contributed by atoms with Crippen LogP contribution in [0, 0.1) is 11.3 Å². The van der Waals surface area contributed by atoms with Crippen LogP contribution in [-0.4, -0.2) is 7.11 Å². The first-order valence-electron chi connectivity index (χ1n) is 15.5. The fraction of sp³-hybridized carbons (Fsp3) is 0.171. The topological polar surface area (TPSA) is 40.8 Å². The number of hydrogen-bond donors (Lipinski definition) is 0. The first-order valence-corrected chi connectivity index (χ1v) is 19.5. The van der Waals surface area contributed by atoms with E-state index < -0.39 is 15.6 Å². The van der Waals surface area contributed by atoms with Crippen molar-refractivity contribution < 1.29 is 64.2 Å². The van der Waals surface area contributed by atoms with Crippen LogP contribution in [0.5, 0.6) is 5.75 Å². The number of aryl methyl sites for hydroxylation is 4. The van der Waals surface area contributed by atoms with Gasteiger partial charge in [0.15, 0.2) is 25.5 Å². The molecule has 0 bridgehead atoms. The fourth-order valence-corrected chi connectivity index (χ4v) is 5.80. The van der Waals surface area contributed by atoms with Gasteiger partial charge in [-0.15, -0.1) is 0 Å². The van der Waals surface area contributed by atoms with E-state index in [1.54, 1.807) is 13.2 Å². The average Bonchev–Trinajstić information content (AvgIpc) is 3.04. The van der Waals surface area contributed by atoms with Crippen LogP contribution in [0.1, 0.15) is 29.2 Å². The van der Waals surface area contributed by atoms with Crippen molar-refractivity contribution in [1.29, 1.82) is 5.26 Å². The predicted octanol–water partition coefficient (Wildman–Crippen LogP) is 13.3. The number of nitrogens with zero attached hydrogens (tertiary/aromatic N) is 3. The van der Waals surface area contributed by atoms with Gasteiger partial charge in [-0.25, -0.2) is 0 Å². The third-order valence-corrected chi connectivity index (χ3v) is 7.67. The molecule has 53 heavy (non-hydrogen) atoms. The third-order valence-electron chi connectivity index (χ3n) is 7.67. The molecular formula is C35H31F12N3OP2. The zero-order chi connectivity index (χ0) is 39.6. The van der Waals surface area contributed by atoms with Crippen molar-refractivity contribution in [2.75, 3.05) is 7.11 Å². The van der Waals surface area contributed by atoms with Gasteiger partial charge in [-0.1, -0.05) is 42.5 Å². The van der Waals surface area contributed by atoms with Crippen molar-refractivity contribution in [2.24, 2.45) is 0 Å². The maximum atomic E-state index is 9.87. The van der Waals surface area contributed by atoms with Crippen molar-refractivity contribution in [3.63, 3.8) is 0 Å². The van der Waals surface area contributed by atoms with Crippen molar-refractivity contribution >= 4 is 38.5 Å². The summed E-state index contributed by atoms with van der Waals surface area (Å²) in [6, 6.07) is 30.4. The number of pyridine rings is 2. The molecular weight excluding hydrogens is 768 g/mol. The molecule has 18 heteroatoms. The number of rotatable bonds is 3. The summed E-state index contributed by atoms with van der Waals surface area (Å²) in [5, 5.41) is 9.73. The Morgan fingerprint density at radius 3 is 1.62 bits per heavy atom. The molecule has 4 nitrogen and oxygen atoms in total. The van der Waals surface area contributed by atoms with Crippen LogP contribution in [0.4, 0.5) is 50.4 Å². The zero-order valence-electron chi connectivity index (χ0n) is 27.8. The van der Waals surface area contributed by atoms with Gasteiger partial charge in [0.2, 0.25) is 11.4 Å². The molecule has 2 aliphatic rings. The van der Waals surface area contributed by atoms with Gasteiger partial charge in [0, 0.05) is 44.0 Å². The second-order valence-corrected chi connectivity index (χ2v) is 15.7. The van der Waals surface area contributed by atoms with Gasteiger partial charge < -0.3 is 4.74 Å². The minimum absolute atomic E-state index is 0.890. The van der Waals surface area contributed by atoms with Gasteiger partial charge in [-0.3, -0.25) is 0 Å². The molecule has 4 heterocycles. The van der Waals surface area contributed by atoms with Crippen LogP contribution in [0.3, 0.4) is 0 Å². The second-order valence-electron chi connectivity index (χ2n) is 11.9. The molecule has 0 fully saturated rings. The number of ether oxygens (including phenoxy) is 1. The average molecular weight is 800 g/mol. The van der Waals surface area contributed by atoms with Crippen molar-refractivity contribution in [3.05, 3.63) is 114 Å². The van der Waals surface area contributed by atoms with Gasteiger partial charge in [0.25, 0.3) is 0 Å². The Morgan fingerprint density at radius 2 is 1.08 bits per heavy atom. The molecule has 5 aromatic rings. The summed E-state index contributed by atoms with van der Waals surface area (Å²) in [6.45, 7) is 3.50. The second kappa shape index (κ2) is 13.3. The molecule has 3 aromatic carbocycles. The summed E-state index contributed by atoms with van der Waals surface area (Å²) in [5.41, 5.74) is 10.8. The number of methoxy groups -OCH3 is 1. The van der Waals surface area contributed by atoms with Crippen molar-refractivity contribution in [1.82, 2.24) is 0 Å². The fourth-order valence-electron chi connectivity index (χ4n) is 5.80. The normalized spacial score (nSPS) is 15.6. The number of nitriles is 1. The summed E-state index contributed by atoms with van der Waals surface area (Å²) in [5.74, 6) is 0.890. The zero-order valence-corrected chi connectivity index (χ0v) is 29.6. The number of fused-ring (bicyclic) bond motifs is 8. The first-order chi connectivity index (χ1) is 24.1. The standard InChI is InChI=1S/C33H28N2O.C2H3N.2F6P/c1-36-29-12-11-27-20-23(7-8-28(27)22-29)5-6-24-13-17-35-19-15-26-10-9-25-14-18-34-16-3-2-4-30(34)32(25)33(26)31(35)21-24;1-2-3;2*1-7(2,3,4,5)6/h2-13,16-17,20-22H,14-15,18-19H2,1H3;1H3;;/q+2;;2*-1/b6-5+;;;. The van der Waals surface area contributed by atoms with Crippen LogP contribution < -0.4 is 13.9 Å². The molecule has 0 radical (unpaired) electrons. The number of halogens is 12. The summed E-state index contributed by atoms with van der Waals surface area (Å²) >= 11 is 0. The molecule has 7 rings (SSSR count). The molecule has 0 amide bonds. The molecule has 0 unspecified atom stereocenters. The van der Waals surface area contributed by atoms with E-state index in [1.165, 1.54) is 62.5 Å². The van der Waals surface area contributed by atoms with Crippen LogP contribution in [0.15, 0.2) is 91.3 Å². The Kier molecular flexibility index (Phi) is 10.3. The Labute approximate surface area is 295 Å². The van der Waals surface area contributed by atoms with E-state index in [1.807, 2.05) is 6.07 Å². The van der Waals surface area contributed by atoms with Gasteiger partial charge in [-0.05, 0) is 57.3 Å². The molecule has 0 spiro atoms. The molecule has 0 saturated heterocycles. The maximum absolute atomic E-state index is 10.7. The molecule has 0 atom stereocenters. The Bertz CT molecular complexity index is 2200.